The number of anilines is 1. The minimum absolute atomic E-state index is 0.208. The highest BCUT2D eigenvalue weighted by molar-refractivity contribution is 6.01. The van der Waals surface area contributed by atoms with E-state index in [-0.39, 0.29) is 18.4 Å². The highest BCUT2D eigenvalue weighted by atomic mass is 19.1. The number of halogens is 1. The number of benzene rings is 1. The zero-order valence-corrected chi connectivity index (χ0v) is 17.4. The number of piperidine rings is 1. The van der Waals surface area contributed by atoms with Crippen molar-refractivity contribution in [2.45, 2.75) is 38.5 Å². The molecule has 1 N–H and O–H groups in total. The molecule has 30 heavy (non-hydrogen) atoms. The summed E-state index contributed by atoms with van der Waals surface area (Å²) in [7, 11) is 1.47. The molecule has 2 aliphatic heterocycles. The van der Waals surface area contributed by atoms with Gasteiger partial charge in [0.15, 0.2) is 0 Å². The average molecular weight is 421 g/mol. The molecule has 8 nitrogen and oxygen atoms in total. The largest absolute Gasteiger partial charge is 0.496 e. The van der Waals surface area contributed by atoms with Crippen molar-refractivity contribution in [1.29, 1.82) is 0 Å². The van der Waals surface area contributed by atoms with E-state index in [1.807, 2.05) is 11.8 Å². The molecule has 3 amide bonds. The number of methoxy groups -OCH3 is 1. The summed E-state index contributed by atoms with van der Waals surface area (Å²) < 4.78 is 25.6. The van der Waals surface area contributed by atoms with Crippen LogP contribution in [0, 0.1) is 5.82 Å². The lowest BCUT2D eigenvalue weighted by Crippen LogP contribution is -2.49. The lowest BCUT2D eigenvalue weighted by atomic mass is 9.89. The molecule has 0 aliphatic carbocycles. The number of carbonyl (C=O) groups excluding carboxylic acids is 3. The molecule has 9 heteroatoms. The summed E-state index contributed by atoms with van der Waals surface area (Å²) in [6.45, 7) is 4.22. The second-order valence-corrected chi connectivity index (χ2v) is 7.49. The fourth-order valence-corrected chi connectivity index (χ4v) is 3.76. The average Bonchev–Trinajstić information content (AvgIpc) is 2.74. The maximum Gasteiger partial charge on any atom is 0.409 e. The Balaban J connectivity index is 1.69. The molecule has 3 rings (SSSR count). The molecule has 1 atom stereocenters. The van der Waals surface area contributed by atoms with E-state index in [9.17, 15) is 18.8 Å². The highest BCUT2D eigenvalue weighted by Crippen LogP contribution is 2.37. The second kappa shape index (κ2) is 9.77. The SMILES string of the molecule is CCCCOC(=O)N1CCN(c2cc(OC)c(C3CCC(=O)NC3=O)cc2F)CC1. The molecule has 0 spiro atoms. The van der Waals surface area contributed by atoms with Crippen LogP contribution in [0.1, 0.15) is 44.1 Å². The van der Waals surface area contributed by atoms with Gasteiger partial charge in [-0.25, -0.2) is 9.18 Å². The number of piperazine rings is 1. The topological polar surface area (TPSA) is 88.2 Å². The lowest BCUT2D eigenvalue weighted by molar-refractivity contribution is -0.134. The van der Waals surface area contributed by atoms with Crippen LogP contribution in [0.25, 0.3) is 0 Å². The molecule has 2 heterocycles. The Labute approximate surface area is 175 Å². The van der Waals surface area contributed by atoms with Crippen LogP contribution in [-0.4, -0.2) is 62.7 Å². The maximum absolute atomic E-state index is 15.0. The molecule has 2 fully saturated rings. The fourth-order valence-electron chi connectivity index (χ4n) is 3.76. The maximum atomic E-state index is 15.0. The van der Waals surface area contributed by atoms with Gasteiger partial charge in [-0.05, 0) is 18.9 Å². The summed E-state index contributed by atoms with van der Waals surface area (Å²) >= 11 is 0. The van der Waals surface area contributed by atoms with Crippen LogP contribution in [0.5, 0.6) is 5.75 Å². The predicted molar refractivity (Wildman–Crippen MR) is 108 cm³/mol. The number of unbranched alkanes of at least 4 members (excludes halogenated alkanes) is 1. The fraction of sp³-hybridized carbons (Fsp3) is 0.571. The first-order valence-corrected chi connectivity index (χ1v) is 10.3. The summed E-state index contributed by atoms with van der Waals surface area (Å²) in [5.41, 5.74) is 0.795. The van der Waals surface area contributed by atoms with Crippen LogP contribution >= 0.6 is 0 Å². The number of amides is 3. The normalized spacial score (nSPS) is 19.5. The monoisotopic (exact) mass is 421 g/mol. The van der Waals surface area contributed by atoms with E-state index in [0.717, 1.165) is 12.8 Å². The Morgan fingerprint density at radius 1 is 1.23 bits per heavy atom. The number of nitrogens with one attached hydrogen (secondary N) is 1. The van der Waals surface area contributed by atoms with Crippen molar-refractivity contribution in [3.05, 3.63) is 23.5 Å². The molecule has 0 radical (unpaired) electrons. The van der Waals surface area contributed by atoms with Gasteiger partial charge in [-0.1, -0.05) is 13.3 Å². The van der Waals surface area contributed by atoms with Crippen LogP contribution in [0.4, 0.5) is 14.9 Å². The van der Waals surface area contributed by atoms with Crippen LogP contribution in [0.3, 0.4) is 0 Å². The Morgan fingerprint density at radius 3 is 2.60 bits per heavy atom. The van der Waals surface area contributed by atoms with Gasteiger partial charge < -0.3 is 19.3 Å². The number of rotatable bonds is 6. The number of hydrogen-bond donors (Lipinski definition) is 1. The smallest absolute Gasteiger partial charge is 0.409 e. The Hall–Kier alpha value is -2.84. The van der Waals surface area contributed by atoms with Gasteiger partial charge in [-0.2, -0.15) is 0 Å². The summed E-state index contributed by atoms with van der Waals surface area (Å²) in [5.74, 6) is -1.45. The van der Waals surface area contributed by atoms with Gasteiger partial charge in [0.25, 0.3) is 0 Å². The minimum Gasteiger partial charge on any atom is -0.496 e. The number of nitrogens with zero attached hydrogens (tertiary/aromatic N) is 2. The van der Waals surface area contributed by atoms with Gasteiger partial charge >= 0.3 is 6.09 Å². The lowest BCUT2D eigenvalue weighted by Gasteiger charge is -2.36. The molecule has 1 aromatic rings. The first-order valence-electron chi connectivity index (χ1n) is 10.3. The third-order valence-corrected chi connectivity index (χ3v) is 5.52. The standard InChI is InChI=1S/C21H28FN3O5/c1-3-4-11-30-21(28)25-9-7-24(8-10-25)17-13-18(29-2)15(12-16(17)22)14-5-6-19(26)23-20(14)27/h12-14H,3-11H2,1-2H3,(H,23,26,27). The molecule has 164 valence electrons. The number of ether oxygens (including phenoxy) is 2. The predicted octanol–water partition coefficient (Wildman–Crippen LogP) is 2.41. The van der Waals surface area contributed by atoms with Crippen LogP contribution in [0.2, 0.25) is 0 Å². The third-order valence-electron chi connectivity index (χ3n) is 5.52. The Morgan fingerprint density at radius 2 is 1.97 bits per heavy atom. The summed E-state index contributed by atoms with van der Waals surface area (Å²) in [5, 5.41) is 2.29. The second-order valence-electron chi connectivity index (χ2n) is 7.49. The van der Waals surface area contributed by atoms with Crippen molar-refractivity contribution in [3.8, 4) is 5.75 Å². The summed E-state index contributed by atoms with van der Waals surface area (Å²) in [6, 6.07) is 2.91. The molecule has 2 aliphatic rings. The van der Waals surface area contributed by atoms with Gasteiger partial charge in [0.1, 0.15) is 11.6 Å². The number of hydrogen-bond acceptors (Lipinski definition) is 6. The summed E-state index contributed by atoms with van der Waals surface area (Å²) in [4.78, 5) is 39.2. The van der Waals surface area contributed by atoms with E-state index in [4.69, 9.17) is 9.47 Å². The van der Waals surface area contributed by atoms with Crippen LogP contribution < -0.4 is 15.0 Å². The van der Waals surface area contributed by atoms with Gasteiger partial charge in [0, 0.05) is 44.2 Å². The molecular formula is C21H28FN3O5. The van der Waals surface area contributed by atoms with Gasteiger partial charge in [0.2, 0.25) is 11.8 Å². The van der Waals surface area contributed by atoms with E-state index in [1.165, 1.54) is 13.2 Å². The van der Waals surface area contributed by atoms with Crippen molar-refractivity contribution in [2.75, 3.05) is 44.8 Å². The Kier molecular flexibility index (Phi) is 7.12. The van der Waals surface area contributed by atoms with Crippen LogP contribution in [0.15, 0.2) is 12.1 Å². The van der Waals surface area contributed by atoms with E-state index in [1.54, 1.807) is 11.0 Å². The highest BCUT2D eigenvalue weighted by Gasteiger charge is 2.32. The first kappa shape index (κ1) is 21.9. The zero-order chi connectivity index (χ0) is 21.7. The van der Waals surface area contributed by atoms with Crippen molar-refractivity contribution in [3.63, 3.8) is 0 Å². The molecule has 1 unspecified atom stereocenters. The van der Waals surface area contributed by atoms with E-state index in [0.29, 0.717) is 56.2 Å². The van der Waals surface area contributed by atoms with Crippen molar-refractivity contribution >= 4 is 23.6 Å². The molecular weight excluding hydrogens is 393 g/mol. The van der Waals surface area contributed by atoms with Gasteiger partial charge in [0.05, 0.1) is 25.3 Å². The van der Waals surface area contributed by atoms with Crippen molar-refractivity contribution in [2.24, 2.45) is 0 Å². The quantitative estimate of drug-likeness (QED) is 0.561. The molecule has 1 aromatic carbocycles. The summed E-state index contributed by atoms with van der Waals surface area (Å²) in [6.07, 6.45) is 1.97. The molecule has 0 bridgehead atoms. The van der Waals surface area contributed by atoms with Crippen molar-refractivity contribution in [1.82, 2.24) is 10.2 Å². The minimum atomic E-state index is -0.629. The first-order chi connectivity index (χ1) is 14.4. The number of imide groups is 1. The van der Waals surface area contributed by atoms with Crippen molar-refractivity contribution < 1.29 is 28.2 Å². The molecule has 0 aromatic heterocycles. The Bertz CT molecular complexity index is 808. The number of carbonyl (C=O) groups is 3. The van der Waals surface area contributed by atoms with E-state index >= 15 is 0 Å². The third kappa shape index (κ3) is 4.83. The zero-order valence-electron chi connectivity index (χ0n) is 17.4. The van der Waals surface area contributed by atoms with Gasteiger partial charge in [-0.3, -0.25) is 14.9 Å². The molecule has 0 saturated carbocycles. The van der Waals surface area contributed by atoms with Crippen LogP contribution in [-0.2, 0) is 14.3 Å². The molecule has 2 saturated heterocycles. The van der Waals surface area contributed by atoms with E-state index < -0.39 is 17.6 Å². The van der Waals surface area contributed by atoms with Gasteiger partial charge in [-0.15, -0.1) is 0 Å². The van der Waals surface area contributed by atoms with E-state index in [2.05, 4.69) is 5.32 Å².